The second-order valence-electron chi connectivity index (χ2n) is 4.27. The number of benzene rings is 1. The standard InChI is InChI=1S/C15H16FN3O/c1-3-17-14-13(5-4-10-18-14)15(20)19(2)12-8-6-11(16)7-9-12/h4-10H,3H2,1-2H3,(H,17,18). The molecule has 0 unspecified atom stereocenters. The number of halogens is 1. The van der Waals surface area contributed by atoms with Crippen molar-refractivity contribution in [1.82, 2.24) is 4.98 Å². The summed E-state index contributed by atoms with van der Waals surface area (Å²) in [5, 5.41) is 3.05. The zero-order valence-electron chi connectivity index (χ0n) is 11.4. The molecule has 20 heavy (non-hydrogen) atoms. The molecule has 4 nitrogen and oxygen atoms in total. The zero-order chi connectivity index (χ0) is 14.5. The number of amides is 1. The summed E-state index contributed by atoms with van der Waals surface area (Å²) >= 11 is 0. The Kier molecular flexibility index (Phi) is 4.30. The molecule has 2 aromatic rings. The van der Waals surface area contributed by atoms with Gasteiger partial charge in [0.25, 0.3) is 5.91 Å². The quantitative estimate of drug-likeness (QED) is 0.931. The summed E-state index contributed by atoms with van der Waals surface area (Å²) in [6, 6.07) is 9.22. The topological polar surface area (TPSA) is 45.2 Å². The van der Waals surface area contributed by atoms with E-state index in [2.05, 4.69) is 10.3 Å². The van der Waals surface area contributed by atoms with E-state index in [9.17, 15) is 9.18 Å². The molecule has 0 fully saturated rings. The van der Waals surface area contributed by atoms with Crippen LogP contribution in [-0.4, -0.2) is 24.5 Å². The first kappa shape index (κ1) is 14.0. The first-order valence-corrected chi connectivity index (χ1v) is 6.36. The highest BCUT2D eigenvalue weighted by molar-refractivity contribution is 6.08. The number of aromatic nitrogens is 1. The molecule has 0 bridgehead atoms. The van der Waals surface area contributed by atoms with Crippen molar-refractivity contribution in [3.8, 4) is 0 Å². The SMILES string of the molecule is CCNc1ncccc1C(=O)N(C)c1ccc(F)cc1. The molecule has 1 aromatic carbocycles. The molecule has 104 valence electrons. The van der Waals surface area contributed by atoms with Crippen LogP contribution in [0.2, 0.25) is 0 Å². The van der Waals surface area contributed by atoms with Crippen LogP contribution in [0.1, 0.15) is 17.3 Å². The summed E-state index contributed by atoms with van der Waals surface area (Å²) in [7, 11) is 1.65. The second kappa shape index (κ2) is 6.14. The van der Waals surface area contributed by atoms with Crippen LogP contribution in [-0.2, 0) is 0 Å². The van der Waals surface area contributed by atoms with Crippen molar-refractivity contribution >= 4 is 17.4 Å². The number of nitrogens with zero attached hydrogens (tertiary/aromatic N) is 2. The van der Waals surface area contributed by atoms with E-state index in [0.29, 0.717) is 23.6 Å². The van der Waals surface area contributed by atoms with Crippen molar-refractivity contribution in [2.45, 2.75) is 6.92 Å². The average Bonchev–Trinajstić information content (AvgIpc) is 2.47. The molecule has 0 aliphatic rings. The molecule has 2 rings (SSSR count). The molecule has 5 heteroatoms. The Morgan fingerprint density at radius 1 is 1.30 bits per heavy atom. The average molecular weight is 273 g/mol. The molecule has 0 spiro atoms. The first-order valence-electron chi connectivity index (χ1n) is 6.36. The van der Waals surface area contributed by atoms with Crippen molar-refractivity contribution < 1.29 is 9.18 Å². The van der Waals surface area contributed by atoms with Crippen molar-refractivity contribution in [2.24, 2.45) is 0 Å². The maximum absolute atomic E-state index is 12.9. The fourth-order valence-corrected chi connectivity index (χ4v) is 1.85. The highest BCUT2D eigenvalue weighted by Crippen LogP contribution is 2.19. The minimum atomic E-state index is -0.329. The van der Waals surface area contributed by atoms with Gasteiger partial charge in [0.05, 0.1) is 5.56 Å². The van der Waals surface area contributed by atoms with E-state index in [1.165, 1.54) is 17.0 Å². The van der Waals surface area contributed by atoms with Gasteiger partial charge in [-0.2, -0.15) is 0 Å². The Bertz CT molecular complexity index is 598. The Balaban J connectivity index is 2.29. The van der Waals surface area contributed by atoms with Crippen molar-refractivity contribution in [3.05, 3.63) is 54.0 Å². The minimum absolute atomic E-state index is 0.194. The molecular formula is C15H16FN3O. The lowest BCUT2D eigenvalue weighted by atomic mass is 10.2. The third-order valence-electron chi connectivity index (χ3n) is 2.90. The minimum Gasteiger partial charge on any atom is -0.370 e. The van der Waals surface area contributed by atoms with Crippen LogP contribution in [0.25, 0.3) is 0 Å². The molecule has 0 radical (unpaired) electrons. The van der Waals surface area contributed by atoms with Crippen LogP contribution < -0.4 is 10.2 Å². The fraction of sp³-hybridized carbons (Fsp3) is 0.200. The summed E-state index contributed by atoms with van der Waals surface area (Å²) in [5.74, 6) is 0.0268. The van der Waals surface area contributed by atoms with Crippen LogP contribution in [0.3, 0.4) is 0 Å². The lowest BCUT2D eigenvalue weighted by Gasteiger charge is -2.19. The lowest BCUT2D eigenvalue weighted by Crippen LogP contribution is -2.27. The predicted molar refractivity (Wildman–Crippen MR) is 77.5 cm³/mol. The number of rotatable bonds is 4. The number of carbonyl (C=O) groups excluding carboxylic acids is 1. The van der Waals surface area contributed by atoms with Crippen LogP contribution in [0, 0.1) is 5.82 Å². The van der Waals surface area contributed by atoms with Gasteiger partial charge in [-0.25, -0.2) is 9.37 Å². The smallest absolute Gasteiger partial charge is 0.261 e. The van der Waals surface area contributed by atoms with Crippen LogP contribution >= 0.6 is 0 Å². The van der Waals surface area contributed by atoms with Gasteiger partial charge in [-0.05, 0) is 43.3 Å². The van der Waals surface area contributed by atoms with Crippen LogP contribution in [0.4, 0.5) is 15.9 Å². The Morgan fingerprint density at radius 3 is 2.65 bits per heavy atom. The van der Waals surface area contributed by atoms with Crippen LogP contribution in [0.15, 0.2) is 42.6 Å². The normalized spacial score (nSPS) is 10.2. The number of pyridine rings is 1. The molecule has 1 N–H and O–H groups in total. The molecule has 1 heterocycles. The van der Waals surface area contributed by atoms with Gasteiger partial charge >= 0.3 is 0 Å². The highest BCUT2D eigenvalue weighted by Gasteiger charge is 2.17. The Hall–Kier alpha value is -2.43. The third-order valence-corrected chi connectivity index (χ3v) is 2.90. The van der Waals surface area contributed by atoms with Gasteiger partial charge in [-0.15, -0.1) is 0 Å². The number of hydrogen-bond donors (Lipinski definition) is 1. The van der Waals surface area contributed by atoms with E-state index in [1.54, 1.807) is 37.5 Å². The Labute approximate surface area is 117 Å². The molecule has 0 saturated carbocycles. The van der Waals surface area contributed by atoms with Crippen molar-refractivity contribution in [3.63, 3.8) is 0 Å². The summed E-state index contributed by atoms with van der Waals surface area (Å²) < 4.78 is 12.9. The number of carbonyl (C=O) groups is 1. The van der Waals surface area contributed by atoms with Gasteiger partial charge in [0.15, 0.2) is 0 Å². The predicted octanol–water partition coefficient (Wildman–Crippen LogP) is 2.93. The maximum Gasteiger partial charge on any atom is 0.261 e. The summed E-state index contributed by atoms with van der Waals surface area (Å²) in [6.45, 7) is 2.62. The second-order valence-corrected chi connectivity index (χ2v) is 4.27. The summed E-state index contributed by atoms with van der Waals surface area (Å²) in [5.41, 5.74) is 1.11. The van der Waals surface area contributed by atoms with E-state index >= 15 is 0 Å². The first-order chi connectivity index (χ1) is 9.63. The van der Waals surface area contributed by atoms with E-state index in [0.717, 1.165) is 0 Å². The van der Waals surface area contributed by atoms with Gasteiger partial charge in [-0.1, -0.05) is 0 Å². The van der Waals surface area contributed by atoms with Crippen molar-refractivity contribution in [1.29, 1.82) is 0 Å². The molecule has 0 saturated heterocycles. The summed E-state index contributed by atoms with van der Waals surface area (Å²) in [6.07, 6.45) is 1.63. The van der Waals surface area contributed by atoms with Gasteiger partial charge in [0.2, 0.25) is 0 Å². The van der Waals surface area contributed by atoms with Gasteiger partial charge in [-0.3, -0.25) is 4.79 Å². The van der Waals surface area contributed by atoms with E-state index in [4.69, 9.17) is 0 Å². The molecule has 0 aliphatic carbocycles. The van der Waals surface area contributed by atoms with Gasteiger partial charge < -0.3 is 10.2 Å². The third kappa shape index (κ3) is 2.93. The summed E-state index contributed by atoms with van der Waals surface area (Å²) in [4.78, 5) is 18.1. The fourth-order valence-electron chi connectivity index (χ4n) is 1.85. The maximum atomic E-state index is 12.9. The Morgan fingerprint density at radius 2 is 2.00 bits per heavy atom. The molecule has 0 atom stereocenters. The van der Waals surface area contributed by atoms with Crippen molar-refractivity contribution in [2.75, 3.05) is 23.8 Å². The van der Waals surface area contributed by atoms with E-state index < -0.39 is 0 Å². The number of anilines is 2. The number of nitrogens with one attached hydrogen (secondary N) is 1. The molecule has 0 aliphatic heterocycles. The molecular weight excluding hydrogens is 257 g/mol. The molecule has 1 amide bonds. The van der Waals surface area contributed by atoms with Gasteiger partial charge in [0, 0.05) is 25.5 Å². The monoisotopic (exact) mass is 273 g/mol. The van der Waals surface area contributed by atoms with Crippen LogP contribution in [0.5, 0.6) is 0 Å². The molecule has 1 aromatic heterocycles. The van der Waals surface area contributed by atoms with E-state index in [-0.39, 0.29) is 11.7 Å². The lowest BCUT2D eigenvalue weighted by molar-refractivity contribution is 0.0993. The van der Waals surface area contributed by atoms with Gasteiger partial charge in [0.1, 0.15) is 11.6 Å². The van der Waals surface area contributed by atoms with E-state index in [1.807, 2.05) is 6.92 Å². The highest BCUT2D eigenvalue weighted by atomic mass is 19.1. The largest absolute Gasteiger partial charge is 0.370 e. The zero-order valence-corrected chi connectivity index (χ0v) is 11.4. The number of hydrogen-bond acceptors (Lipinski definition) is 3.